The number of aromatic nitrogens is 1. The third-order valence-corrected chi connectivity index (χ3v) is 11.2. The Labute approximate surface area is 352 Å². The molecule has 6 rings (SSSR count). The molecule has 0 aliphatic carbocycles. The number of unbranched alkanes of at least 4 members (excludes halogenated alkanes) is 6. The number of anilines is 1. The van der Waals surface area contributed by atoms with Crippen LogP contribution in [0.1, 0.15) is 133 Å². The zero-order valence-corrected chi connectivity index (χ0v) is 34.9. The molecular formula is C48H56N4O8. The van der Waals surface area contributed by atoms with Gasteiger partial charge in [-0.05, 0) is 97.3 Å². The van der Waals surface area contributed by atoms with Crippen LogP contribution >= 0.6 is 0 Å². The van der Waals surface area contributed by atoms with Crippen LogP contribution in [0.4, 0.5) is 5.69 Å². The number of pyridine rings is 1. The summed E-state index contributed by atoms with van der Waals surface area (Å²) in [5.41, 5.74) is 4.63. The van der Waals surface area contributed by atoms with Gasteiger partial charge in [-0.1, -0.05) is 69.9 Å². The summed E-state index contributed by atoms with van der Waals surface area (Å²) in [4.78, 5) is 66.9. The zero-order chi connectivity index (χ0) is 42.5. The lowest BCUT2D eigenvalue weighted by molar-refractivity contribution is -0.136. The molecule has 60 heavy (non-hydrogen) atoms. The molecule has 0 bridgehead atoms. The molecule has 2 aliphatic heterocycles. The second-order valence-electron chi connectivity index (χ2n) is 16.0. The first-order valence-electron chi connectivity index (χ1n) is 21.1. The Morgan fingerprint density at radius 3 is 2.08 bits per heavy atom. The van der Waals surface area contributed by atoms with Crippen molar-refractivity contribution in [3.8, 4) is 11.5 Å². The standard InChI is InChI=1S/C48H56N4O8/c1-33(53)41-31-34(25-27-50-41)32-60-38-21-17-36(18-22-38)48(2,3)35-15-19-37(20-16-35)59-30-10-7-5-4-6-9-28-58-29-11-8-26-49-40-14-12-13-39-44(40)47(57)52(46(39)56)42-23-24-43(54)51-45(42)55/h12-22,25,27,31,42,49H,4-11,23-24,26,28-30,32H2,1-3H3,(H,51,54,55). The van der Waals surface area contributed by atoms with Crippen molar-refractivity contribution in [2.24, 2.45) is 0 Å². The maximum atomic E-state index is 13.2. The normalized spacial score (nSPS) is 15.2. The number of carbonyl (C=O) groups excluding carboxylic acids is 5. The number of ketones is 1. The van der Waals surface area contributed by atoms with Crippen molar-refractivity contribution >= 4 is 35.1 Å². The van der Waals surface area contributed by atoms with E-state index in [9.17, 15) is 24.0 Å². The lowest BCUT2D eigenvalue weighted by Crippen LogP contribution is -2.54. The van der Waals surface area contributed by atoms with Crippen LogP contribution in [0.5, 0.6) is 11.5 Å². The van der Waals surface area contributed by atoms with Gasteiger partial charge in [0, 0.05) is 50.4 Å². The second-order valence-corrected chi connectivity index (χ2v) is 16.0. The van der Waals surface area contributed by atoms with E-state index in [1.54, 1.807) is 30.5 Å². The molecule has 0 radical (unpaired) electrons. The first-order valence-corrected chi connectivity index (χ1v) is 21.1. The van der Waals surface area contributed by atoms with Crippen molar-refractivity contribution in [2.45, 2.75) is 103 Å². The van der Waals surface area contributed by atoms with Crippen LogP contribution in [0, 0.1) is 0 Å². The number of amides is 4. The van der Waals surface area contributed by atoms with Crippen molar-refractivity contribution in [1.29, 1.82) is 0 Å². The van der Waals surface area contributed by atoms with Gasteiger partial charge in [0.2, 0.25) is 11.8 Å². The average molecular weight is 817 g/mol. The highest BCUT2D eigenvalue weighted by Gasteiger charge is 2.45. The Balaban J connectivity index is 0.783. The zero-order valence-electron chi connectivity index (χ0n) is 34.9. The molecule has 2 aliphatic rings. The number of fused-ring (bicyclic) bond motifs is 1. The smallest absolute Gasteiger partial charge is 0.264 e. The van der Waals surface area contributed by atoms with Crippen LogP contribution in [0.25, 0.3) is 0 Å². The molecule has 2 N–H and O–H groups in total. The van der Waals surface area contributed by atoms with E-state index in [0.717, 1.165) is 67.1 Å². The maximum Gasteiger partial charge on any atom is 0.264 e. The Hall–Kier alpha value is -5.88. The molecule has 4 amide bonds. The summed E-state index contributed by atoms with van der Waals surface area (Å²) >= 11 is 0. The van der Waals surface area contributed by atoms with Crippen molar-refractivity contribution in [3.63, 3.8) is 0 Å². The fraction of sp³-hybridized carbons (Fsp3) is 0.417. The molecule has 1 saturated heterocycles. The topological polar surface area (TPSA) is 153 Å². The van der Waals surface area contributed by atoms with E-state index in [1.165, 1.54) is 30.9 Å². The molecule has 1 fully saturated rings. The van der Waals surface area contributed by atoms with Gasteiger partial charge in [-0.15, -0.1) is 0 Å². The van der Waals surface area contributed by atoms with Gasteiger partial charge >= 0.3 is 0 Å². The minimum absolute atomic E-state index is 0.0653. The molecule has 1 atom stereocenters. The Kier molecular flexibility index (Phi) is 15.2. The molecule has 0 spiro atoms. The number of imide groups is 2. The molecule has 12 nitrogen and oxygen atoms in total. The molecule has 316 valence electrons. The number of benzene rings is 3. The van der Waals surface area contributed by atoms with E-state index < -0.39 is 29.7 Å². The number of nitrogens with zero attached hydrogens (tertiary/aromatic N) is 2. The summed E-state index contributed by atoms with van der Waals surface area (Å²) in [5, 5.41) is 5.51. The Morgan fingerprint density at radius 1 is 0.783 bits per heavy atom. The predicted molar refractivity (Wildman–Crippen MR) is 228 cm³/mol. The quantitative estimate of drug-likeness (QED) is 0.0426. The van der Waals surface area contributed by atoms with Crippen LogP contribution in [0.2, 0.25) is 0 Å². The van der Waals surface area contributed by atoms with Crippen molar-refractivity contribution in [1.82, 2.24) is 15.2 Å². The molecule has 12 heteroatoms. The average Bonchev–Trinajstić information content (AvgIpc) is 3.50. The molecule has 1 unspecified atom stereocenters. The number of piperidine rings is 1. The molecule has 3 aromatic carbocycles. The lowest BCUT2D eigenvalue weighted by atomic mass is 9.78. The third kappa shape index (κ3) is 11.2. The second kappa shape index (κ2) is 20.9. The number of carbonyl (C=O) groups is 5. The minimum Gasteiger partial charge on any atom is -0.494 e. The summed E-state index contributed by atoms with van der Waals surface area (Å²) in [6, 6.07) is 24.3. The minimum atomic E-state index is -0.981. The van der Waals surface area contributed by atoms with Crippen LogP contribution in [0.15, 0.2) is 85.1 Å². The maximum absolute atomic E-state index is 13.2. The number of Topliss-reactive ketones (excluding diaryl/α,β-unsaturated/α-hetero) is 1. The van der Waals surface area contributed by atoms with E-state index in [4.69, 9.17) is 14.2 Å². The van der Waals surface area contributed by atoms with Crippen molar-refractivity contribution in [3.05, 3.63) is 119 Å². The van der Waals surface area contributed by atoms with E-state index >= 15 is 0 Å². The van der Waals surface area contributed by atoms with Gasteiger partial charge in [0.25, 0.3) is 11.8 Å². The highest BCUT2D eigenvalue weighted by atomic mass is 16.5. The number of hydrogen-bond donors (Lipinski definition) is 2. The molecular weight excluding hydrogens is 761 g/mol. The van der Waals surface area contributed by atoms with Gasteiger partial charge in [0.05, 0.1) is 17.7 Å². The third-order valence-electron chi connectivity index (χ3n) is 11.2. The summed E-state index contributed by atoms with van der Waals surface area (Å²) in [5.74, 6) is -0.449. The van der Waals surface area contributed by atoms with Crippen LogP contribution in [-0.2, 0) is 26.3 Å². The Morgan fingerprint density at radius 2 is 1.42 bits per heavy atom. The molecule has 3 heterocycles. The van der Waals surface area contributed by atoms with Gasteiger partial charge in [0.15, 0.2) is 5.78 Å². The number of rotatable bonds is 23. The summed E-state index contributed by atoms with van der Waals surface area (Å²) < 4.78 is 17.9. The van der Waals surface area contributed by atoms with Crippen LogP contribution in [-0.4, -0.2) is 71.7 Å². The van der Waals surface area contributed by atoms with Crippen LogP contribution < -0.4 is 20.1 Å². The molecule has 0 saturated carbocycles. The predicted octanol–water partition coefficient (Wildman–Crippen LogP) is 8.22. The van der Waals surface area contributed by atoms with Gasteiger partial charge < -0.3 is 19.5 Å². The first-order chi connectivity index (χ1) is 29.0. The SMILES string of the molecule is CC(=O)c1cc(COc2ccc(C(C)(C)c3ccc(OCCCCCCCCOCCCCNc4cccc5c4C(=O)N(C4CCC(=O)NC4=O)C5=O)cc3)cc2)ccn1. The van der Waals surface area contributed by atoms with Gasteiger partial charge in [0.1, 0.15) is 29.8 Å². The van der Waals surface area contributed by atoms with Crippen molar-refractivity contribution < 1.29 is 38.2 Å². The summed E-state index contributed by atoms with van der Waals surface area (Å²) in [6.07, 6.45) is 10.2. The van der Waals surface area contributed by atoms with E-state index in [2.05, 4.69) is 65.9 Å². The first kappa shape index (κ1) is 43.7. The monoisotopic (exact) mass is 816 g/mol. The highest BCUT2D eigenvalue weighted by molar-refractivity contribution is 6.25. The number of nitrogens with one attached hydrogen (secondary N) is 2. The fourth-order valence-electron chi connectivity index (χ4n) is 7.55. The van der Waals surface area contributed by atoms with E-state index in [0.29, 0.717) is 37.7 Å². The summed E-state index contributed by atoms with van der Waals surface area (Å²) in [7, 11) is 0. The van der Waals surface area contributed by atoms with E-state index in [-0.39, 0.29) is 35.2 Å². The lowest BCUT2D eigenvalue weighted by Gasteiger charge is -2.27. The number of hydrogen-bond acceptors (Lipinski definition) is 10. The largest absolute Gasteiger partial charge is 0.494 e. The van der Waals surface area contributed by atoms with Gasteiger partial charge in [-0.2, -0.15) is 0 Å². The van der Waals surface area contributed by atoms with Crippen LogP contribution in [0.3, 0.4) is 0 Å². The van der Waals surface area contributed by atoms with E-state index in [1.807, 2.05) is 18.2 Å². The van der Waals surface area contributed by atoms with Gasteiger partial charge in [-0.3, -0.25) is 39.2 Å². The fourth-order valence-corrected chi connectivity index (χ4v) is 7.55. The van der Waals surface area contributed by atoms with Gasteiger partial charge in [-0.25, -0.2) is 0 Å². The molecule has 1 aromatic heterocycles. The van der Waals surface area contributed by atoms with Crippen molar-refractivity contribution in [2.75, 3.05) is 31.7 Å². The summed E-state index contributed by atoms with van der Waals surface area (Å²) in [6.45, 7) is 9.00. The highest BCUT2D eigenvalue weighted by Crippen LogP contribution is 2.34. The Bertz CT molecular complexity index is 2130. The number of ether oxygens (including phenoxy) is 3. The molecule has 4 aromatic rings.